The van der Waals surface area contributed by atoms with Crippen LogP contribution in [0.1, 0.15) is 0 Å². The Morgan fingerprint density at radius 3 is 2.42 bits per heavy atom. The van der Waals surface area contributed by atoms with Crippen LogP contribution in [0.15, 0.2) is 41.8 Å². The fourth-order valence-electron chi connectivity index (χ4n) is 3.38. The summed E-state index contributed by atoms with van der Waals surface area (Å²) in [6.07, 6.45) is 5.38. The highest BCUT2D eigenvalue weighted by Gasteiger charge is 2.17. The fraction of sp³-hybridized carbons (Fsp3) is 0.273. The van der Waals surface area contributed by atoms with Crippen LogP contribution in [0.2, 0.25) is 10.0 Å². The predicted molar refractivity (Wildman–Crippen MR) is 128 cm³/mol. The van der Waals surface area contributed by atoms with Crippen molar-refractivity contribution in [2.45, 2.75) is 6.54 Å². The number of aryl methyl sites for hydroxylation is 1. The average molecular weight is 488 g/mol. The minimum Gasteiger partial charge on any atom is -0.495 e. The Morgan fingerprint density at radius 1 is 1.09 bits per heavy atom. The third-order valence-corrected chi connectivity index (χ3v) is 5.80. The van der Waals surface area contributed by atoms with Crippen LogP contribution >= 0.6 is 23.2 Å². The van der Waals surface area contributed by atoms with Crippen molar-refractivity contribution in [3.05, 3.63) is 52.3 Å². The molecule has 172 valence electrons. The molecule has 11 heteroatoms. The van der Waals surface area contributed by atoms with Crippen LogP contribution in [0.3, 0.4) is 0 Å². The molecule has 0 amide bonds. The number of hydrogen-bond acceptors (Lipinski definition) is 7. The third kappa shape index (κ3) is 4.52. The lowest BCUT2D eigenvalue weighted by Gasteiger charge is -2.14. The summed E-state index contributed by atoms with van der Waals surface area (Å²) in [6, 6.07) is 5.35. The predicted octanol–water partition coefficient (Wildman–Crippen LogP) is 3.61. The largest absolute Gasteiger partial charge is 0.495 e. The highest BCUT2D eigenvalue weighted by atomic mass is 35.5. The SMILES string of the molecule is CNCCn1c(=Nc2c(Cl)c(OC)cc(OC)c2Cl)ccc2ncc(-c3cnn(C)c3)nc21. The normalized spacial score (nSPS) is 11.9. The van der Waals surface area contributed by atoms with E-state index in [0.29, 0.717) is 57.2 Å². The Morgan fingerprint density at radius 2 is 1.82 bits per heavy atom. The maximum Gasteiger partial charge on any atom is 0.160 e. The molecule has 0 saturated carbocycles. The molecular weight excluding hydrogens is 465 g/mol. The molecule has 0 aliphatic rings. The number of nitrogens with one attached hydrogen (secondary N) is 1. The first kappa shape index (κ1) is 23.0. The van der Waals surface area contributed by atoms with Crippen LogP contribution in [0.25, 0.3) is 22.4 Å². The molecule has 0 spiro atoms. The molecule has 0 fully saturated rings. The number of aromatic nitrogens is 5. The van der Waals surface area contributed by atoms with Crippen molar-refractivity contribution >= 4 is 40.1 Å². The smallest absolute Gasteiger partial charge is 0.160 e. The van der Waals surface area contributed by atoms with E-state index in [9.17, 15) is 0 Å². The molecule has 0 aliphatic carbocycles. The molecule has 3 aromatic heterocycles. The monoisotopic (exact) mass is 487 g/mol. The van der Waals surface area contributed by atoms with Gasteiger partial charge in [-0.15, -0.1) is 0 Å². The zero-order valence-electron chi connectivity index (χ0n) is 18.6. The van der Waals surface area contributed by atoms with Crippen molar-refractivity contribution in [2.75, 3.05) is 27.8 Å². The van der Waals surface area contributed by atoms with Crippen molar-refractivity contribution in [3.63, 3.8) is 0 Å². The lowest BCUT2D eigenvalue weighted by molar-refractivity contribution is 0.395. The first-order valence-electron chi connectivity index (χ1n) is 10.1. The number of rotatable bonds is 7. The molecule has 3 heterocycles. The first-order valence-corrected chi connectivity index (χ1v) is 10.9. The van der Waals surface area contributed by atoms with Gasteiger partial charge in [-0.3, -0.25) is 9.67 Å². The second kappa shape index (κ2) is 9.78. The fourth-order valence-corrected chi connectivity index (χ4v) is 3.96. The van der Waals surface area contributed by atoms with Gasteiger partial charge < -0.3 is 19.4 Å². The second-order valence-electron chi connectivity index (χ2n) is 7.18. The summed E-state index contributed by atoms with van der Waals surface area (Å²) in [7, 11) is 6.79. The molecule has 33 heavy (non-hydrogen) atoms. The first-order chi connectivity index (χ1) is 16.0. The molecule has 0 unspecified atom stereocenters. The van der Waals surface area contributed by atoms with Crippen LogP contribution in [-0.2, 0) is 13.6 Å². The third-order valence-electron chi connectivity index (χ3n) is 5.07. The van der Waals surface area contributed by atoms with E-state index in [-0.39, 0.29) is 0 Å². The van der Waals surface area contributed by atoms with Gasteiger partial charge in [0.05, 0.1) is 32.3 Å². The minimum atomic E-state index is 0.291. The Hall–Kier alpha value is -3.14. The maximum absolute atomic E-state index is 6.56. The van der Waals surface area contributed by atoms with Crippen molar-refractivity contribution in [3.8, 4) is 22.8 Å². The molecule has 0 bridgehead atoms. The molecule has 1 aromatic carbocycles. The summed E-state index contributed by atoms with van der Waals surface area (Å²) in [5.41, 5.74) is 3.95. The number of likely N-dealkylation sites (N-methyl/N-ethyl adjacent to an activating group) is 1. The zero-order chi connectivity index (χ0) is 23.5. The van der Waals surface area contributed by atoms with Crippen molar-refractivity contribution < 1.29 is 9.47 Å². The summed E-state index contributed by atoms with van der Waals surface area (Å²) >= 11 is 13.1. The maximum atomic E-state index is 6.56. The van der Waals surface area contributed by atoms with E-state index in [1.165, 1.54) is 14.2 Å². The number of pyridine rings is 1. The molecule has 1 N–H and O–H groups in total. The van der Waals surface area contributed by atoms with Gasteiger partial charge in [0.15, 0.2) is 5.65 Å². The van der Waals surface area contributed by atoms with E-state index in [0.717, 1.165) is 11.1 Å². The highest BCUT2D eigenvalue weighted by Crippen LogP contribution is 2.45. The van der Waals surface area contributed by atoms with Crippen LogP contribution < -0.4 is 20.3 Å². The number of nitrogens with zero attached hydrogens (tertiary/aromatic N) is 6. The van der Waals surface area contributed by atoms with Gasteiger partial charge in [0, 0.05) is 38.0 Å². The van der Waals surface area contributed by atoms with Gasteiger partial charge in [-0.05, 0) is 19.2 Å². The quantitative estimate of drug-likeness (QED) is 0.428. The zero-order valence-corrected chi connectivity index (χ0v) is 20.1. The van der Waals surface area contributed by atoms with E-state index in [2.05, 4.69) is 15.4 Å². The molecular formula is C22H23Cl2N7O2. The topological polar surface area (TPSA) is 91.4 Å². The number of ether oxygens (including phenoxy) is 2. The number of halogens is 2. The van der Waals surface area contributed by atoms with E-state index in [1.807, 2.05) is 37.0 Å². The van der Waals surface area contributed by atoms with Crippen LogP contribution in [0.4, 0.5) is 5.69 Å². The molecule has 4 aromatic rings. The van der Waals surface area contributed by atoms with E-state index in [4.69, 9.17) is 42.7 Å². The van der Waals surface area contributed by atoms with Gasteiger partial charge in [0.1, 0.15) is 38.2 Å². The lowest BCUT2D eigenvalue weighted by atomic mass is 10.2. The highest BCUT2D eigenvalue weighted by molar-refractivity contribution is 6.40. The summed E-state index contributed by atoms with van der Waals surface area (Å²) in [5, 5.41) is 7.98. The van der Waals surface area contributed by atoms with Crippen LogP contribution in [0, 0.1) is 0 Å². The molecule has 0 saturated heterocycles. The Bertz CT molecular complexity index is 1350. The average Bonchev–Trinajstić information content (AvgIpc) is 3.26. The van der Waals surface area contributed by atoms with Crippen molar-refractivity contribution in [1.29, 1.82) is 0 Å². The minimum absolute atomic E-state index is 0.291. The Balaban J connectivity index is 1.98. The van der Waals surface area contributed by atoms with Crippen LogP contribution in [0.5, 0.6) is 11.5 Å². The molecule has 0 atom stereocenters. The van der Waals surface area contributed by atoms with Gasteiger partial charge in [-0.25, -0.2) is 9.98 Å². The molecule has 0 radical (unpaired) electrons. The molecule has 0 aliphatic heterocycles. The summed E-state index contributed by atoms with van der Waals surface area (Å²) in [6.45, 7) is 1.28. The summed E-state index contributed by atoms with van der Waals surface area (Å²) in [4.78, 5) is 14.3. The van der Waals surface area contributed by atoms with Gasteiger partial charge in [-0.1, -0.05) is 23.2 Å². The van der Waals surface area contributed by atoms with E-state index < -0.39 is 0 Å². The Kier molecular flexibility index (Phi) is 6.83. The van der Waals surface area contributed by atoms with Gasteiger partial charge in [0.2, 0.25) is 0 Å². The summed E-state index contributed by atoms with van der Waals surface area (Å²) in [5.74, 6) is 0.829. The van der Waals surface area contributed by atoms with E-state index in [1.54, 1.807) is 23.1 Å². The number of benzene rings is 1. The van der Waals surface area contributed by atoms with Gasteiger partial charge in [-0.2, -0.15) is 5.10 Å². The second-order valence-corrected chi connectivity index (χ2v) is 7.94. The molecule has 4 rings (SSSR count). The van der Waals surface area contributed by atoms with Crippen molar-refractivity contribution in [1.82, 2.24) is 29.6 Å². The van der Waals surface area contributed by atoms with Gasteiger partial charge in [0.25, 0.3) is 0 Å². The Labute approximate surface area is 200 Å². The number of methoxy groups -OCH3 is 2. The van der Waals surface area contributed by atoms with Crippen LogP contribution in [-0.4, -0.2) is 52.1 Å². The number of hydrogen-bond donors (Lipinski definition) is 1. The van der Waals surface area contributed by atoms with Gasteiger partial charge >= 0.3 is 0 Å². The summed E-state index contributed by atoms with van der Waals surface area (Å²) < 4.78 is 14.4. The van der Waals surface area contributed by atoms with Crippen molar-refractivity contribution in [2.24, 2.45) is 12.0 Å². The van der Waals surface area contributed by atoms with E-state index >= 15 is 0 Å². The standard InChI is InChI=1S/C22H23Cl2N7O2/c1-25-7-8-31-18(29-21-19(23)16(32-3)9-17(33-4)20(21)24)6-5-14-22(31)28-15(11-26-14)13-10-27-30(2)12-13/h5-6,9-12,25H,7-8H2,1-4H3. The molecule has 9 nitrogen and oxygen atoms in total. The number of fused-ring (bicyclic) bond motifs is 1. The lowest BCUT2D eigenvalue weighted by Crippen LogP contribution is -2.27.